The van der Waals surface area contributed by atoms with Crippen molar-refractivity contribution in [2.45, 2.75) is 57.4 Å². The second-order valence-electron chi connectivity index (χ2n) is 8.23. The third-order valence-electron chi connectivity index (χ3n) is 6.06. The Kier molecular flexibility index (Phi) is 6.37. The van der Waals surface area contributed by atoms with Crippen LogP contribution in [0.5, 0.6) is 0 Å². The van der Waals surface area contributed by atoms with Crippen LogP contribution in [0, 0.1) is 11.7 Å². The molecule has 1 aliphatic carbocycles. The largest absolute Gasteiger partial charge is 0.356 e. The molecule has 1 saturated heterocycles. The average molecular weight is 397 g/mol. The van der Waals surface area contributed by atoms with Gasteiger partial charge in [-0.05, 0) is 56.0 Å². The molecule has 29 heavy (non-hydrogen) atoms. The molecule has 1 aromatic carbocycles. The van der Waals surface area contributed by atoms with Crippen molar-refractivity contribution in [1.29, 1.82) is 0 Å². The number of amides is 1. The first-order chi connectivity index (χ1) is 14.2. The molecule has 5 nitrogen and oxygen atoms in total. The van der Waals surface area contributed by atoms with Crippen LogP contribution in [0.2, 0.25) is 0 Å². The van der Waals surface area contributed by atoms with E-state index >= 15 is 0 Å². The van der Waals surface area contributed by atoms with Crippen molar-refractivity contribution in [1.82, 2.24) is 15.3 Å². The van der Waals surface area contributed by atoms with Crippen molar-refractivity contribution in [3.63, 3.8) is 0 Å². The van der Waals surface area contributed by atoms with Gasteiger partial charge in [0.2, 0.25) is 5.91 Å². The van der Waals surface area contributed by atoms with E-state index in [0.29, 0.717) is 18.4 Å². The van der Waals surface area contributed by atoms with Gasteiger partial charge in [-0.2, -0.15) is 0 Å². The zero-order chi connectivity index (χ0) is 20.1. The lowest BCUT2D eigenvalue weighted by atomic mass is 9.96. The number of halogens is 1. The highest BCUT2D eigenvalue weighted by Crippen LogP contribution is 2.25. The average Bonchev–Trinajstić information content (AvgIpc) is 3.03. The van der Waals surface area contributed by atoms with E-state index < -0.39 is 0 Å². The van der Waals surface area contributed by atoms with Crippen LogP contribution in [0.1, 0.15) is 51.4 Å². The zero-order valence-electron chi connectivity index (χ0n) is 16.8. The molecule has 2 fully saturated rings. The lowest BCUT2D eigenvalue weighted by Crippen LogP contribution is -2.46. The lowest BCUT2D eigenvalue weighted by Gasteiger charge is -2.33. The minimum atomic E-state index is -0.275. The Morgan fingerprint density at radius 3 is 2.52 bits per heavy atom. The predicted octanol–water partition coefficient (Wildman–Crippen LogP) is 4.34. The number of carbonyl (C=O) groups is 1. The minimum Gasteiger partial charge on any atom is -0.356 e. The molecule has 2 aromatic rings. The van der Waals surface area contributed by atoms with Gasteiger partial charge in [-0.25, -0.2) is 14.4 Å². The van der Waals surface area contributed by atoms with Gasteiger partial charge in [0.05, 0.1) is 5.92 Å². The van der Waals surface area contributed by atoms with Gasteiger partial charge in [0.1, 0.15) is 11.6 Å². The smallest absolute Gasteiger partial charge is 0.225 e. The normalized spacial score (nSPS) is 20.9. The quantitative estimate of drug-likeness (QED) is 0.781. The molecule has 154 valence electrons. The zero-order valence-corrected chi connectivity index (χ0v) is 16.8. The van der Waals surface area contributed by atoms with Crippen LogP contribution >= 0.6 is 0 Å². The van der Waals surface area contributed by atoms with E-state index in [0.717, 1.165) is 43.6 Å². The van der Waals surface area contributed by atoms with Gasteiger partial charge < -0.3 is 10.2 Å². The molecule has 1 amide bonds. The third-order valence-corrected chi connectivity index (χ3v) is 6.06. The number of hydrogen-bond donors (Lipinski definition) is 1. The number of nitrogens with zero attached hydrogens (tertiary/aromatic N) is 3. The highest BCUT2D eigenvalue weighted by Gasteiger charge is 2.28. The third kappa shape index (κ3) is 5.11. The summed E-state index contributed by atoms with van der Waals surface area (Å²) < 4.78 is 13.2. The molecule has 2 aliphatic rings. The van der Waals surface area contributed by atoms with Crippen LogP contribution in [0.4, 0.5) is 10.2 Å². The van der Waals surface area contributed by atoms with E-state index in [1.807, 2.05) is 6.07 Å². The number of carbonyl (C=O) groups excluding carboxylic acids is 1. The fraction of sp³-hybridized carbons (Fsp3) is 0.522. The Morgan fingerprint density at radius 2 is 1.76 bits per heavy atom. The van der Waals surface area contributed by atoms with Gasteiger partial charge in [0, 0.05) is 30.9 Å². The Morgan fingerprint density at radius 1 is 1.00 bits per heavy atom. The first-order valence-electron chi connectivity index (χ1n) is 10.8. The molecule has 2 heterocycles. The van der Waals surface area contributed by atoms with Crippen LogP contribution < -0.4 is 10.2 Å². The van der Waals surface area contributed by atoms with Crippen LogP contribution in [0.25, 0.3) is 11.4 Å². The molecule has 0 bridgehead atoms. The summed E-state index contributed by atoms with van der Waals surface area (Å²) in [5.74, 6) is 1.31. The molecule has 0 spiro atoms. The standard InChI is InChI=1S/C23H29FN4O/c24-19-11-9-17(10-12-19)22-25-14-13-21(27-22)28-15-5-6-18(16-28)23(29)26-20-7-3-1-2-4-8-20/h9-14,18,20H,1-8,15-16H2,(H,26,29)/t18-/m1/s1. The molecule has 6 heteroatoms. The SMILES string of the molecule is O=C(NC1CCCCCC1)[C@@H]1CCCN(c2ccnc(-c3ccc(F)cc3)n2)C1. The van der Waals surface area contributed by atoms with Crippen molar-refractivity contribution in [2.24, 2.45) is 5.92 Å². The summed E-state index contributed by atoms with van der Waals surface area (Å²) in [4.78, 5) is 24.1. The number of anilines is 1. The maximum Gasteiger partial charge on any atom is 0.225 e. The van der Waals surface area contributed by atoms with Gasteiger partial charge in [0.25, 0.3) is 0 Å². The van der Waals surface area contributed by atoms with E-state index in [9.17, 15) is 9.18 Å². The van der Waals surface area contributed by atoms with Crippen LogP contribution in [-0.4, -0.2) is 35.0 Å². The van der Waals surface area contributed by atoms with E-state index in [-0.39, 0.29) is 17.6 Å². The summed E-state index contributed by atoms with van der Waals surface area (Å²) in [6.07, 6.45) is 10.8. The second-order valence-corrected chi connectivity index (χ2v) is 8.23. The Hall–Kier alpha value is -2.50. The van der Waals surface area contributed by atoms with Crippen molar-refractivity contribution in [2.75, 3.05) is 18.0 Å². The van der Waals surface area contributed by atoms with E-state index in [4.69, 9.17) is 0 Å². The van der Waals surface area contributed by atoms with Gasteiger partial charge in [0.15, 0.2) is 5.82 Å². The van der Waals surface area contributed by atoms with E-state index in [1.165, 1.54) is 37.8 Å². The fourth-order valence-corrected chi connectivity index (χ4v) is 4.41. The van der Waals surface area contributed by atoms with Gasteiger partial charge >= 0.3 is 0 Å². The summed E-state index contributed by atoms with van der Waals surface area (Å²) in [6.45, 7) is 1.56. The van der Waals surface area contributed by atoms with Crippen molar-refractivity contribution in [3.8, 4) is 11.4 Å². The number of nitrogens with one attached hydrogen (secondary N) is 1. The second kappa shape index (κ2) is 9.33. The summed E-state index contributed by atoms with van der Waals surface area (Å²) >= 11 is 0. The fourth-order valence-electron chi connectivity index (χ4n) is 4.41. The van der Waals surface area contributed by atoms with Crippen LogP contribution in [0.3, 0.4) is 0 Å². The number of aromatic nitrogens is 2. The molecule has 1 saturated carbocycles. The molecule has 1 atom stereocenters. The highest BCUT2D eigenvalue weighted by atomic mass is 19.1. The monoisotopic (exact) mass is 396 g/mol. The van der Waals surface area contributed by atoms with Gasteiger partial charge in [-0.1, -0.05) is 25.7 Å². The topological polar surface area (TPSA) is 58.1 Å². The van der Waals surface area contributed by atoms with Crippen LogP contribution in [-0.2, 0) is 4.79 Å². The predicted molar refractivity (Wildman–Crippen MR) is 112 cm³/mol. The Bertz CT molecular complexity index is 818. The van der Waals surface area contributed by atoms with E-state index in [2.05, 4.69) is 20.2 Å². The van der Waals surface area contributed by atoms with Gasteiger partial charge in [-0.3, -0.25) is 4.79 Å². The molecule has 1 aromatic heterocycles. The molecule has 1 aliphatic heterocycles. The first kappa shape index (κ1) is 19.8. The summed E-state index contributed by atoms with van der Waals surface area (Å²) in [5.41, 5.74) is 0.785. The number of rotatable bonds is 4. The Labute approximate surface area is 171 Å². The van der Waals surface area contributed by atoms with E-state index in [1.54, 1.807) is 18.3 Å². The number of piperidine rings is 1. The number of benzene rings is 1. The number of hydrogen-bond acceptors (Lipinski definition) is 4. The Balaban J connectivity index is 1.42. The highest BCUT2D eigenvalue weighted by molar-refractivity contribution is 5.80. The maximum absolute atomic E-state index is 13.2. The lowest BCUT2D eigenvalue weighted by molar-refractivity contribution is -0.126. The molecular formula is C23H29FN4O. The minimum absolute atomic E-state index is 0.00348. The molecule has 4 rings (SSSR count). The molecule has 0 unspecified atom stereocenters. The first-order valence-corrected chi connectivity index (χ1v) is 10.8. The van der Waals surface area contributed by atoms with Gasteiger partial charge in [-0.15, -0.1) is 0 Å². The maximum atomic E-state index is 13.2. The van der Waals surface area contributed by atoms with Crippen LogP contribution in [0.15, 0.2) is 36.5 Å². The summed E-state index contributed by atoms with van der Waals surface area (Å²) in [6, 6.07) is 8.43. The summed E-state index contributed by atoms with van der Waals surface area (Å²) in [5, 5.41) is 3.31. The summed E-state index contributed by atoms with van der Waals surface area (Å²) in [7, 11) is 0. The van der Waals surface area contributed by atoms with Crippen molar-refractivity contribution in [3.05, 3.63) is 42.3 Å². The van der Waals surface area contributed by atoms with Crippen molar-refractivity contribution < 1.29 is 9.18 Å². The molecule has 0 radical (unpaired) electrons. The van der Waals surface area contributed by atoms with Crippen molar-refractivity contribution >= 4 is 11.7 Å². The molecular weight excluding hydrogens is 367 g/mol. The molecule has 1 N–H and O–H groups in total.